The predicted octanol–water partition coefficient (Wildman–Crippen LogP) is 3.22. The lowest BCUT2D eigenvalue weighted by atomic mass is 10.4. The van der Waals surface area contributed by atoms with Gasteiger partial charge in [0.2, 0.25) is 0 Å². The number of hydrogen-bond acceptors (Lipinski definition) is 3. The molecule has 0 bridgehead atoms. The average molecular weight is 247 g/mol. The average Bonchev–Trinajstić information content (AvgIpc) is 2.09. The molecule has 0 fully saturated rings. The number of aromatic nitrogens is 1. The van der Waals surface area contributed by atoms with Crippen LogP contribution in [0.1, 0.15) is 13.8 Å². The van der Waals surface area contributed by atoms with Gasteiger partial charge in [-0.2, -0.15) is 0 Å². The van der Waals surface area contributed by atoms with E-state index in [1.54, 1.807) is 12.3 Å². The first kappa shape index (κ1) is 12.5. The van der Waals surface area contributed by atoms with Crippen molar-refractivity contribution in [2.75, 3.05) is 12.5 Å². The van der Waals surface area contributed by atoms with Gasteiger partial charge >= 0.3 is 0 Å². The summed E-state index contributed by atoms with van der Waals surface area (Å²) >= 11 is 5.98. The van der Waals surface area contributed by atoms with Gasteiger partial charge in [0.1, 0.15) is 5.69 Å². The lowest BCUT2D eigenvalue weighted by Gasteiger charge is -2.12. The van der Waals surface area contributed by atoms with E-state index in [1.165, 1.54) is 0 Å². The van der Waals surface area contributed by atoms with Gasteiger partial charge in [-0.25, -0.2) is 9.35 Å². The fourth-order valence-electron chi connectivity index (χ4n) is 1.03. The van der Waals surface area contributed by atoms with Crippen LogP contribution < -0.4 is 4.74 Å². The highest BCUT2D eigenvalue weighted by Gasteiger charge is 2.09. The van der Waals surface area contributed by atoms with Crippen molar-refractivity contribution in [1.82, 2.24) is 4.98 Å². The van der Waals surface area contributed by atoms with Gasteiger partial charge in [0.05, 0.1) is 6.10 Å². The van der Waals surface area contributed by atoms with Crippen molar-refractivity contribution < 1.29 is 4.74 Å². The van der Waals surface area contributed by atoms with Gasteiger partial charge in [-0.15, -0.1) is 10.7 Å². The molecule has 0 atom stereocenters. The number of halogens is 1. The van der Waals surface area contributed by atoms with Crippen LogP contribution in [0, 0.1) is 0 Å². The van der Waals surface area contributed by atoms with Gasteiger partial charge < -0.3 is 4.74 Å². The molecule has 0 spiro atoms. The normalized spacial score (nSPS) is 10.9. The van der Waals surface area contributed by atoms with Crippen LogP contribution in [0.2, 0.25) is 5.15 Å². The lowest BCUT2D eigenvalue weighted by Crippen LogP contribution is -2.06. The van der Waals surface area contributed by atoms with Crippen LogP contribution in [0.15, 0.2) is 16.6 Å². The van der Waals surface area contributed by atoms with E-state index in [9.17, 15) is 0 Å². The topological polar surface area (TPSA) is 34.5 Å². The largest absolute Gasteiger partial charge is 0.489 e. The fourth-order valence-corrected chi connectivity index (χ4v) is 1.81. The molecule has 1 aromatic rings. The third-order valence-corrected chi connectivity index (χ3v) is 2.30. The van der Waals surface area contributed by atoms with E-state index in [4.69, 9.17) is 16.3 Å². The maximum absolute atomic E-state index is 5.98. The standard InChI is InChI=1S/C10H15ClN2OS/c1-7(2)14-8-5-6-12-10(11)9(8)13-15(3)4/h5-7H,1-4H3. The summed E-state index contributed by atoms with van der Waals surface area (Å²) in [6.07, 6.45) is 5.76. The highest BCUT2D eigenvalue weighted by molar-refractivity contribution is 7.85. The molecular weight excluding hydrogens is 232 g/mol. The molecule has 0 radical (unpaired) electrons. The van der Waals surface area contributed by atoms with E-state index in [2.05, 4.69) is 9.35 Å². The zero-order valence-electron chi connectivity index (χ0n) is 9.32. The van der Waals surface area contributed by atoms with Crippen molar-refractivity contribution in [3.05, 3.63) is 17.4 Å². The fraction of sp³-hybridized carbons (Fsp3) is 0.500. The van der Waals surface area contributed by atoms with E-state index >= 15 is 0 Å². The number of rotatable bonds is 3. The van der Waals surface area contributed by atoms with Crippen LogP contribution in [0.25, 0.3) is 0 Å². The van der Waals surface area contributed by atoms with Crippen molar-refractivity contribution in [2.24, 2.45) is 4.36 Å². The van der Waals surface area contributed by atoms with E-state index in [0.717, 1.165) is 0 Å². The first-order chi connectivity index (χ1) is 7.00. The first-order valence-electron chi connectivity index (χ1n) is 4.61. The zero-order chi connectivity index (χ0) is 11.4. The van der Waals surface area contributed by atoms with Gasteiger partial charge in [-0.05, 0) is 26.4 Å². The molecule has 0 aromatic carbocycles. The molecule has 3 nitrogen and oxygen atoms in total. The highest BCUT2D eigenvalue weighted by Crippen LogP contribution is 2.34. The quantitative estimate of drug-likeness (QED) is 0.768. The molecule has 1 heterocycles. The maximum atomic E-state index is 5.98. The summed E-state index contributed by atoms with van der Waals surface area (Å²) in [5, 5.41) is 0.398. The Morgan fingerprint density at radius 1 is 1.47 bits per heavy atom. The molecule has 1 aromatic heterocycles. The lowest BCUT2D eigenvalue weighted by molar-refractivity contribution is 0.243. The Bertz CT molecular complexity index is 376. The van der Waals surface area contributed by atoms with Gasteiger partial charge in [0.25, 0.3) is 0 Å². The minimum Gasteiger partial charge on any atom is -0.489 e. The summed E-state index contributed by atoms with van der Waals surface area (Å²) in [6, 6.07) is 1.79. The van der Waals surface area contributed by atoms with Crippen molar-refractivity contribution in [3.63, 3.8) is 0 Å². The Labute approximate surface area is 97.9 Å². The van der Waals surface area contributed by atoms with Crippen LogP contribution >= 0.6 is 11.6 Å². The smallest absolute Gasteiger partial charge is 0.159 e. The molecule has 84 valence electrons. The minimum absolute atomic E-state index is 0.0814. The van der Waals surface area contributed by atoms with Crippen molar-refractivity contribution >= 4 is 28.0 Å². The summed E-state index contributed by atoms with van der Waals surface area (Å²) < 4.78 is 10.0. The number of nitrogens with zero attached hydrogens (tertiary/aromatic N) is 2. The second-order valence-corrected chi connectivity index (χ2v) is 5.57. The van der Waals surface area contributed by atoms with E-state index in [-0.39, 0.29) is 16.8 Å². The van der Waals surface area contributed by atoms with Crippen LogP contribution in [0.4, 0.5) is 5.69 Å². The molecule has 0 amide bonds. The molecule has 15 heavy (non-hydrogen) atoms. The third-order valence-electron chi connectivity index (χ3n) is 1.48. The molecule has 1 rings (SSSR count). The van der Waals surface area contributed by atoms with Crippen molar-refractivity contribution in [3.8, 4) is 5.75 Å². The number of hydrogen-bond donors (Lipinski definition) is 0. The number of pyridine rings is 1. The molecule has 0 unspecified atom stereocenters. The van der Waals surface area contributed by atoms with Gasteiger partial charge in [-0.1, -0.05) is 11.6 Å². The maximum Gasteiger partial charge on any atom is 0.159 e. The second-order valence-electron chi connectivity index (χ2n) is 3.48. The van der Waals surface area contributed by atoms with Gasteiger partial charge in [-0.3, -0.25) is 0 Å². The molecule has 0 aliphatic heterocycles. The van der Waals surface area contributed by atoms with E-state index in [1.807, 2.05) is 26.4 Å². The monoisotopic (exact) mass is 246 g/mol. The van der Waals surface area contributed by atoms with Gasteiger partial charge in [0.15, 0.2) is 10.9 Å². The molecule has 0 saturated carbocycles. The Hall–Kier alpha value is -0.610. The molecular formula is C10H15ClN2OS. The Morgan fingerprint density at radius 2 is 2.13 bits per heavy atom. The first-order valence-corrected chi connectivity index (χ1v) is 6.99. The van der Waals surface area contributed by atoms with Crippen molar-refractivity contribution in [2.45, 2.75) is 20.0 Å². The summed E-state index contributed by atoms with van der Waals surface area (Å²) in [7, 11) is -0.0814. The van der Waals surface area contributed by atoms with Crippen LogP contribution in [0.5, 0.6) is 5.75 Å². The van der Waals surface area contributed by atoms with E-state index < -0.39 is 0 Å². The SMILES string of the molecule is CC(C)Oc1ccnc(Cl)c1N=S(C)C. The summed E-state index contributed by atoms with van der Waals surface area (Å²) in [4.78, 5) is 4.00. The third kappa shape index (κ3) is 3.80. The molecule has 5 heteroatoms. The molecule has 0 saturated heterocycles. The molecule has 0 N–H and O–H groups in total. The Morgan fingerprint density at radius 3 is 2.67 bits per heavy atom. The van der Waals surface area contributed by atoms with Gasteiger partial charge in [0, 0.05) is 12.3 Å². The Balaban J connectivity index is 3.14. The minimum atomic E-state index is -0.0814. The predicted molar refractivity (Wildman–Crippen MR) is 66.3 cm³/mol. The van der Waals surface area contributed by atoms with Crippen LogP contribution in [-0.4, -0.2) is 23.6 Å². The van der Waals surface area contributed by atoms with Crippen LogP contribution in [0.3, 0.4) is 0 Å². The second kappa shape index (κ2) is 5.47. The molecule has 0 aliphatic rings. The number of ether oxygens (including phenoxy) is 1. The summed E-state index contributed by atoms with van der Waals surface area (Å²) in [5.74, 6) is 0.700. The van der Waals surface area contributed by atoms with Crippen LogP contribution in [-0.2, 0) is 10.7 Å². The molecule has 0 aliphatic carbocycles. The highest BCUT2D eigenvalue weighted by atomic mass is 35.5. The van der Waals surface area contributed by atoms with Crippen molar-refractivity contribution in [1.29, 1.82) is 0 Å². The summed E-state index contributed by atoms with van der Waals surface area (Å²) in [5.41, 5.74) is 0.654. The van der Waals surface area contributed by atoms with E-state index in [0.29, 0.717) is 16.6 Å². The Kier molecular flexibility index (Phi) is 4.54. The summed E-state index contributed by atoms with van der Waals surface area (Å²) in [6.45, 7) is 3.94. The zero-order valence-corrected chi connectivity index (χ0v) is 10.9.